The lowest BCUT2D eigenvalue weighted by molar-refractivity contribution is -0.159. The lowest BCUT2D eigenvalue weighted by Gasteiger charge is -2.48. The molecule has 2 rings (SSSR count). The Balaban J connectivity index is 2.14. The van der Waals surface area contributed by atoms with E-state index < -0.39 is 35.0 Å². The molecule has 7 heteroatoms. The van der Waals surface area contributed by atoms with Crippen molar-refractivity contribution in [3.05, 3.63) is 35.9 Å². The fraction of sp³-hybridized carbons (Fsp3) is 0.625. The number of carbonyl (C=O) groups is 3. The number of rotatable bonds is 7. The molecule has 0 bridgehead atoms. The molecule has 2 amide bonds. The minimum Gasteiger partial charge on any atom is -0.479 e. The molecule has 0 radical (unpaired) electrons. The van der Waals surface area contributed by atoms with Crippen molar-refractivity contribution in [1.29, 1.82) is 0 Å². The first-order valence-electron chi connectivity index (χ1n) is 11.0. The smallest absolute Gasteiger partial charge is 0.410 e. The van der Waals surface area contributed by atoms with Crippen LogP contribution in [0.1, 0.15) is 65.4 Å². The maximum Gasteiger partial charge on any atom is 0.410 e. The zero-order valence-electron chi connectivity index (χ0n) is 19.3. The molecule has 0 aliphatic heterocycles. The number of carboxylic acid groups (broad SMARTS) is 1. The fourth-order valence-corrected chi connectivity index (χ4v) is 4.44. The predicted octanol–water partition coefficient (Wildman–Crippen LogP) is 4.21. The number of ether oxygens (including phenoxy) is 1. The highest BCUT2D eigenvalue weighted by Gasteiger charge is 2.55. The van der Waals surface area contributed by atoms with Crippen LogP contribution in [-0.2, 0) is 20.9 Å². The summed E-state index contributed by atoms with van der Waals surface area (Å²) in [6, 6.07) is 8.39. The van der Waals surface area contributed by atoms with E-state index in [9.17, 15) is 19.5 Å². The van der Waals surface area contributed by atoms with Gasteiger partial charge in [-0.15, -0.1) is 0 Å². The van der Waals surface area contributed by atoms with Crippen LogP contribution < -0.4 is 5.32 Å². The maximum absolute atomic E-state index is 13.1. The third-order valence-electron chi connectivity index (χ3n) is 6.51. The first-order valence-corrected chi connectivity index (χ1v) is 11.0. The minimum absolute atomic E-state index is 0.0987. The number of aliphatic carboxylic acids is 1. The van der Waals surface area contributed by atoms with E-state index in [4.69, 9.17) is 4.74 Å². The van der Waals surface area contributed by atoms with Gasteiger partial charge in [-0.2, -0.15) is 0 Å². The fourth-order valence-electron chi connectivity index (χ4n) is 4.44. The van der Waals surface area contributed by atoms with Gasteiger partial charge in [-0.3, -0.25) is 9.69 Å². The van der Waals surface area contributed by atoms with Crippen molar-refractivity contribution in [2.75, 3.05) is 7.05 Å². The molecule has 7 nitrogen and oxygen atoms in total. The van der Waals surface area contributed by atoms with E-state index in [1.54, 1.807) is 6.92 Å². The summed E-state index contributed by atoms with van der Waals surface area (Å²) in [7, 11) is 1.48. The SMILES string of the molecule is CC(C(=O)NC(C(=O)O)(C1CCCCC1)C(C)(C)C)N(C)C(=O)OCc1ccccc1. The number of amides is 2. The molecule has 1 aromatic rings. The van der Waals surface area contributed by atoms with Crippen molar-refractivity contribution in [2.45, 2.75) is 78.0 Å². The molecule has 0 aromatic heterocycles. The molecular formula is C24H36N2O5. The van der Waals surface area contributed by atoms with Crippen LogP contribution in [0.15, 0.2) is 30.3 Å². The molecule has 1 saturated carbocycles. The molecule has 1 fully saturated rings. The first-order chi connectivity index (χ1) is 14.5. The molecule has 1 aromatic carbocycles. The quantitative estimate of drug-likeness (QED) is 0.673. The summed E-state index contributed by atoms with van der Waals surface area (Å²) in [4.78, 5) is 39.4. The van der Waals surface area contributed by atoms with Gasteiger partial charge in [-0.05, 0) is 36.7 Å². The summed E-state index contributed by atoms with van der Waals surface area (Å²) in [5.74, 6) is -1.69. The van der Waals surface area contributed by atoms with Crippen molar-refractivity contribution in [3.8, 4) is 0 Å². The predicted molar refractivity (Wildman–Crippen MR) is 118 cm³/mol. The Morgan fingerprint density at radius 1 is 1.13 bits per heavy atom. The van der Waals surface area contributed by atoms with Gasteiger partial charge in [0, 0.05) is 7.05 Å². The average molecular weight is 433 g/mol. The van der Waals surface area contributed by atoms with Crippen LogP contribution in [-0.4, -0.2) is 46.6 Å². The third-order valence-corrected chi connectivity index (χ3v) is 6.51. The normalized spacial score (nSPS) is 17.8. The highest BCUT2D eigenvalue weighted by Crippen LogP contribution is 2.43. The summed E-state index contributed by atoms with van der Waals surface area (Å²) in [6.07, 6.45) is 3.86. The lowest BCUT2D eigenvalue weighted by Crippen LogP contribution is -2.68. The van der Waals surface area contributed by atoms with E-state index in [2.05, 4.69) is 5.32 Å². The number of carbonyl (C=O) groups excluding carboxylic acids is 2. The van der Waals surface area contributed by atoms with Gasteiger partial charge in [-0.1, -0.05) is 70.4 Å². The zero-order valence-corrected chi connectivity index (χ0v) is 19.3. The lowest BCUT2D eigenvalue weighted by atomic mass is 9.62. The van der Waals surface area contributed by atoms with Crippen LogP contribution in [0.4, 0.5) is 4.79 Å². The van der Waals surface area contributed by atoms with Gasteiger partial charge in [0.1, 0.15) is 18.2 Å². The van der Waals surface area contributed by atoms with Crippen molar-refractivity contribution in [1.82, 2.24) is 10.2 Å². The van der Waals surface area contributed by atoms with Crippen LogP contribution >= 0.6 is 0 Å². The summed E-state index contributed by atoms with van der Waals surface area (Å²) in [6.45, 7) is 7.21. The van der Waals surface area contributed by atoms with Gasteiger partial charge in [0.15, 0.2) is 0 Å². The van der Waals surface area contributed by atoms with Gasteiger partial charge < -0.3 is 15.2 Å². The number of nitrogens with zero attached hydrogens (tertiary/aromatic N) is 1. The Bertz CT molecular complexity index is 768. The Morgan fingerprint density at radius 3 is 2.23 bits per heavy atom. The Hall–Kier alpha value is -2.57. The number of carboxylic acids is 1. The molecule has 0 heterocycles. The van der Waals surface area contributed by atoms with Crippen LogP contribution in [0.25, 0.3) is 0 Å². The van der Waals surface area contributed by atoms with E-state index in [-0.39, 0.29) is 12.5 Å². The van der Waals surface area contributed by atoms with E-state index >= 15 is 0 Å². The Labute approximate surface area is 185 Å². The molecular weight excluding hydrogens is 396 g/mol. The van der Waals surface area contributed by atoms with Crippen molar-refractivity contribution in [2.24, 2.45) is 11.3 Å². The second kappa shape index (κ2) is 10.2. The maximum atomic E-state index is 13.1. The summed E-state index contributed by atoms with van der Waals surface area (Å²) < 4.78 is 5.31. The molecule has 1 aliphatic carbocycles. The molecule has 31 heavy (non-hydrogen) atoms. The van der Waals surface area contributed by atoms with Crippen molar-refractivity contribution < 1.29 is 24.2 Å². The molecule has 2 atom stereocenters. The van der Waals surface area contributed by atoms with Crippen LogP contribution in [0.3, 0.4) is 0 Å². The Kier molecular flexibility index (Phi) is 8.09. The van der Waals surface area contributed by atoms with Gasteiger partial charge in [0.05, 0.1) is 0 Å². The summed E-state index contributed by atoms with van der Waals surface area (Å²) in [5, 5.41) is 13.1. The highest BCUT2D eigenvalue weighted by atomic mass is 16.6. The first kappa shape index (κ1) is 24.7. The number of benzene rings is 1. The number of likely N-dealkylation sites (N-methyl/N-ethyl adjacent to an activating group) is 1. The van der Waals surface area contributed by atoms with Crippen LogP contribution in [0, 0.1) is 11.3 Å². The van der Waals surface area contributed by atoms with E-state index in [0.717, 1.165) is 37.7 Å². The second-order valence-corrected chi connectivity index (χ2v) is 9.51. The highest BCUT2D eigenvalue weighted by molar-refractivity contribution is 5.91. The minimum atomic E-state index is -1.41. The van der Waals surface area contributed by atoms with Gasteiger partial charge in [0.2, 0.25) is 5.91 Å². The number of hydrogen-bond donors (Lipinski definition) is 2. The number of nitrogens with one attached hydrogen (secondary N) is 1. The Morgan fingerprint density at radius 2 is 1.71 bits per heavy atom. The van der Waals surface area contributed by atoms with Crippen molar-refractivity contribution >= 4 is 18.0 Å². The van der Waals surface area contributed by atoms with Crippen molar-refractivity contribution in [3.63, 3.8) is 0 Å². The van der Waals surface area contributed by atoms with E-state index in [0.29, 0.717) is 0 Å². The van der Waals surface area contributed by atoms with E-state index in [1.165, 1.54) is 11.9 Å². The molecule has 1 aliphatic rings. The van der Waals surface area contributed by atoms with Gasteiger partial charge >= 0.3 is 12.1 Å². The van der Waals surface area contributed by atoms with Gasteiger partial charge in [-0.25, -0.2) is 9.59 Å². The van der Waals surface area contributed by atoms with Gasteiger partial charge in [0.25, 0.3) is 0 Å². The van der Waals surface area contributed by atoms with Crippen LogP contribution in [0.2, 0.25) is 0 Å². The third kappa shape index (κ3) is 5.57. The standard InChI is InChI=1S/C24H36N2O5/c1-17(26(5)22(30)31-16-18-12-8-6-9-13-18)20(27)25-24(21(28)29,23(2,3)4)19-14-10-7-11-15-19/h6,8-9,12-13,17,19H,7,10-11,14-16H2,1-5H3,(H,25,27)(H,28,29). The average Bonchev–Trinajstić information content (AvgIpc) is 2.74. The molecule has 172 valence electrons. The monoisotopic (exact) mass is 432 g/mol. The second-order valence-electron chi connectivity index (χ2n) is 9.51. The van der Waals surface area contributed by atoms with Crippen LogP contribution in [0.5, 0.6) is 0 Å². The topological polar surface area (TPSA) is 95.9 Å². The van der Waals surface area contributed by atoms with E-state index in [1.807, 2.05) is 51.1 Å². The molecule has 0 saturated heterocycles. The molecule has 2 unspecified atom stereocenters. The largest absolute Gasteiger partial charge is 0.479 e. The number of hydrogen-bond acceptors (Lipinski definition) is 4. The molecule has 0 spiro atoms. The summed E-state index contributed by atoms with van der Waals surface area (Å²) >= 11 is 0. The zero-order chi connectivity index (χ0) is 23.2. The molecule has 2 N–H and O–H groups in total. The summed E-state index contributed by atoms with van der Waals surface area (Å²) in [5.41, 5.74) is -1.27.